The smallest absolute Gasteiger partial charge is 0.244 e. The van der Waals surface area contributed by atoms with Crippen LogP contribution in [0, 0.1) is 0 Å². The maximum atomic E-state index is 12.6. The number of nitrogens with zero attached hydrogens (tertiary/aromatic N) is 5. The average Bonchev–Trinajstić information content (AvgIpc) is 3.22. The van der Waals surface area contributed by atoms with E-state index in [2.05, 4.69) is 15.2 Å². The molecule has 1 N–H and O–H groups in total. The van der Waals surface area contributed by atoms with Crippen LogP contribution in [0.25, 0.3) is 11.0 Å². The fourth-order valence-electron chi connectivity index (χ4n) is 3.91. The first-order valence-electron chi connectivity index (χ1n) is 8.70. The third kappa shape index (κ3) is 2.89. The monoisotopic (exact) mass is 329 g/mol. The van der Waals surface area contributed by atoms with Crippen molar-refractivity contribution in [3.05, 3.63) is 24.3 Å². The molecule has 2 heterocycles. The number of amides is 1. The normalized spacial score (nSPS) is 25.5. The fourth-order valence-corrected chi connectivity index (χ4v) is 3.91. The molecule has 7 nitrogen and oxygen atoms in total. The number of rotatable bonds is 3. The lowest BCUT2D eigenvalue weighted by molar-refractivity contribution is -0.134. The predicted octanol–water partition coefficient (Wildman–Crippen LogP) is 0.489. The summed E-state index contributed by atoms with van der Waals surface area (Å²) in [6, 6.07) is 7.95. The zero-order valence-corrected chi connectivity index (χ0v) is 13.7. The second-order valence-electron chi connectivity index (χ2n) is 6.72. The molecule has 0 spiro atoms. The lowest BCUT2D eigenvalue weighted by Crippen LogP contribution is -2.54. The molecular weight excluding hydrogens is 306 g/mol. The number of carbonyl (C=O) groups excluding carboxylic acids is 1. The molecule has 2 atom stereocenters. The van der Waals surface area contributed by atoms with Crippen LogP contribution in [0.1, 0.15) is 19.3 Å². The van der Waals surface area contributed by atoms with E-state index in [0.717, 1.165) is 43.4 Å². The summed E-state index contributed by atoms with van der Waals surface area (Å²) in [5, 5.41) is 18.2. The Morgan fingerprint density at radius 1 is 1.17 bits per heavy atom. The van der Waals surface area contributed by atoms with Crippen molar-refractivity contribution in [2.45, 2.75) is 38.0 Å². The van der Waals surface area contributed by atoms with Crippen LogP contribution in [-0.4, -0.2) is 74.1 Å². The minimum atomic E-state index is -0.200. The summed E-state index contributed by atoms with van der Waals surface area (Å²) in [7, 11) is 0. The van der Waals surface area contributed by atoms with E-state index in [0.29, 0.717) is 13.1 Å². The van der Waals surface area contributed by atoms with Crippen LogP contribution in [-0.2, 0) is 11.3 Å². The first-order valence-corrected chi connectivity index (χ1v) is 8.70. The van der Waals surface area contributed by atoms with Gasteiger partial charge >= 0.3 is 0 Å². The molecule has 1 aliphatic heterocycles. The van der Waals surface area contributed by atoms with Gasteiger partial charge in [0.1, 0.15) is 12.1 Å². The quantitative estimate of drug-likeness (QED) is 0.887. The van der Waals surface area contributed by atoms with E-state index >= 15 is 0 Å². The van der Waals surface area contributed by atoms with Gasteiger partial charge in [-0.05, 0) is 31.4 Å². The molecule has 1 aromatic carbocycles. The van der Waals surface area contributed by atoms with Crippen LogP contribution in [0.15, 0.2) is 24.3 Å². The number of aliphatic hydroxyl groups is 1. The molecular formula is C17H23N5O2. The van der Waals surface area contributed by atoms with Gasteiger partial charge in [-0.3, -0.25) is 9.69 Å². The fraction of sp³-hybridized carbons (Fsp3) is 0.588. The van der Waals surface area contributed by atoms with Gasteiger partial charge in [0.15, 0.2) is 0 Å². The van der Waals surface area contributed by atoms with Gasteiger partial charge in [0.05, 0.1) is 11.6 Å². The first-order chi connectivity index (χ1) is 11.7. The van der Waals surface area contributed by atoms with Crippen LogP contribution in [0.4, 0.5) is 0 Å². The van der Waals surface area contributed by atoms with E-state index in [4.69, 9.17) is 0 Å². The SMILES string of the molecule is O=C(Cn1nnc2ccccc21)N1CCN([C@@H]2CCC[C@@H]2O)CC1. The second kappa shape index (κ2) is 6.49. The molecule has 2 aromatic rings. The summed E-state index contributed by atoms with van der Waals surface area (Å²) in [4.78, 5) is 16.8. The standard InChI is InChI=1S/C17H23N5O2/c23-16-7-3-6-15(16)20-8-10-21(11-9-20)17(24)12-22-14-5-2-1-4-13(14)18-19-22/h1-2,4-5,15-16,23H,3,6-12H2/t15-,16+/m1/s1. The van der Waals surface area contributed by atoms with Crippen molar-refractivity contribution in [1.29, 1.82) is 0 Å². The van der Waals surface area contributed by atoms with E-state index in [-0.39, 0.29) is 24.6 Å². The van der Waals surface area contributed by atoms with E-state index in [1.165, 1.54) is 0 Å². The molecule has 4 rings (SSSR count). The van der Waals surface area contributed by atoms with Gasteiger partial charge in [-0.25, -0.2) is 4.68 Å². The number of para-hydroxylation sites is 1. The molecule has 1 aromatic heterocycles. The molecule has 0 bridgehead atoms. The van der Waals surface area contributed by atoms with Gasteiger partial charge in [0.25, 0.3) is 0 Å². The maximum Gasteiger partial charge on any atom is 0.244 e. The second-order valence-corrected chi connectivity index (χ2v) is 6.72. The molecule has 1 aliphatic carbocycles. The Morgan fingerprint density at radius 2 is 1.96 bits per heavy atom. The zero-order chi connectivity index (χ0) is 16.5. The maximum absolute atomic E-state index is 12.6. The van der Waals surface area contributed by atoms with Crippen LogP contribution in [0.5, 0.6) is 0 Å². The average molecular weight is 329 g/mol. The summed E-state index contributed by atoms with van der Waals surface area (Å²) < 4.78 is 1.67. The minimum Gasteiger partial charge on any atom is -0.391 e. The summed E-state index contributed by atoms with van der Waals surface area (Å²) in [5.41, 5.74) is 1.70. The lowest BCUT2D eigenvalue weighted by Gasteiger charge is -2.39. The number of fused-ring (bicyclic) bond motifs is 1. The number of benzene rings is 1. The van der Waals surface area contributed by atoms with Crippen molar-refractivity contribution < 1.29 is 9.90 Å². The molecule has 24 heavy (non-hydrogen) atoms. The van der Waals surface area contributed by atoms with Crippen molar-refractivity contribution >= 4 is 16.9 Å². The molecule has 1 saturated heterocycles. The van der Waals surface area contributed by atoms with Crippen molar-refractivity contribution in [1.82, 2.24) is 24.8 Å². The number of piperazine rings is 1. The van der Waals surface area contributed by atoms with E-state index < -0.39 is 0 Å². The predicted molar refractivity (Wildman–Crippen MR) is 89.3 cm³/mol. The minimum absolute atomic E-state index is 0.0808. The summed E-state index contributed by atoms with van der Waals surface area (Å²) in [6.45, 7) is 3.34. The summed E-state index contributed by atoms with van der Waals surface area (Å²) in [6.07, 6.45) is 2.88. The van der Waals surface area contributed by atoms with E-state index in [1.807, 2.05) is 29.2 Å². The van der Waals surface area contributed by atoms with Crippen molar-refractivity contribution in [3.63, 3.8) is 0 Å². The van der Waals surface area contributed by atoms with Gasteiger partial charge in [-0.2, -0.15) is 0 Å². The number of aromatic nitrogens is 3. The molecule has 1 amide bonds. The third-order valence-electron chi connectivity index (χ3n) is 5.29. The lowest BCUT2D eigenvalue weighted by atomic mass is 10.1. The Bertz CT molecular complexity index is 723. The van der Waals surface area contributed by atoms with Gasteiger partial charge in [-0.1, -0.05) is 17.3 Å². The van der Waals surface area contributed by atoms with Gasteiger partial charge in [0, 0.05) is 32.2 Å². The topological polar surface area (TPSA) is 74.5 Å². The Kier molecular flexibility index (Phi) is 4.20. The highest BCUT2D eigenvalue weighted by atomic mass is 16.3. The number of aliphatic hydroxyl groups excluding tert-OH is 1. The van der Waals surface area contributed by atoms with Crippen molar-refractivity contribution in [3.8, 4) is 0 Å². The van der Waals surface area contributed by atoms with Crippen molar-refractivity contribution in [2.24, 2.45) is 0 Å². The van der Waals surface area contributed by atoms with Gasteiger partial charge < -0.3 is 10.0 Å². The largest absolute Gasteiger partial charge is 0.391 e. The van der Waals surface area contributed by atoms with Crippen LogP contribution in [0.3, 0.4) is 0 Å². The van der Waals surface area contributed by atoms with Crippen LogP contribution < -0.4 is 0 Å². The molecule has 0 radical (unpaired) electrons. The molecule has 128 valence electrons. The van der Waals surface area contributed by atoms with Gasteiger partial charge in [0.2, 0.25) is 5.91 Å². The third-order valence-corrected chi connectivity index (χ3v) is 5.29. The zero-order valence-electron chi connectivity index (χ0n) is 13.7. The highest BCUT2D eigenvalue weighted by Crippen LogP contribution is 2.25. The van der Waals surface area contributed by atoms with Gasteiger partial charge in [-0.15, -0.1) is 5.10 Å². The molecule has 2 fully saturated rings. The number of hydrogen-bond acceptors (Lipinski definition) is 5. The number of carbonyl (C=O) groups is 1. The Hall–Kier alpha value is -1.99. The van der Waals surface area contributed by atoms with Crippen LogP contribution in [0.2, 0.25) is 0 Å². The van der Waals surface area contributed by atoms with E-state index in [9.17, 15) is 9.90 Å². The first kappa shape index (κ1) is 15.5. The summed E-state index contributed by atoms with van der Waals surface area (Å²) >= 11 is 0. The van der Waals surface area contributed by atoms with Crippen molar-refractivity contribution in [2.75, 3.05) is 26.2 Å². The Morgan fingerprint density at radius 3 is 2.71 bits per heavy atom. The molecule has 0 unspecified atom stereocenters. The highest BCUT2D eigenvalue weighted by Gasteiger charge is 2.33. The number of hydrogen-bond donors (Lipinski definition) is 1. The van der Waals surface area contributed by atoms with E-state index in [1.54, 1.807) is 4.68 Å². The Labute approximate surface area is 140 Å². The molecule has 2 aliphatic rings. The van der Waals surface area contributed by atoms with Crippen LogP contribution >= 0.6 is 0 Å². The highest BCUT2D eigenvalue weighted by molar-refractivity contribution is 5.79. The molecule has 7 heteroatoms. The Balaban J connectivity index is 1.36. The molecule has 1 saturated carbocycles. The summed E-state index contributed by atoms with van der Waals surface area (Å²) in [5.74, 6) is 0.0808.